The summed E-state index contributed by atoms with van der Waals surface area (Å²) in [5.41, 5.74) is 4.32. The fourth-order valence-electron chi connectivity index (χ4n) is 4.12. The average molecular weight is 553 g/mol. The molecule has 3 heterocycles. The van der Waals surface area contributed by atoms with E-state index in [1.54, 1.807) is 20.4 Å². The molecule has 0 saturated carbocycles. The number of morpholine rings is 1. The van der Waals surface area contributed by atoms with Gasteiger partial charge in [0, 0.05) is 44.2 Å². The summed E-state index contributed by atoms with van der Waals surface area (Å²) in [5.74, 6) is 1.23. The standard InChI is InChI=1S/C27H29ClN6O3S/c1-35-13-10-30-27-33-24(18-4-3-5-20(16-18)36-2)25(38-27)22-8-9-29-26(32-22)31-19-6-7-23(21(28)17-19)34-11-14-37-15-12-34/h3-9,16-17H,10-15H2,1-2H3,(H,30,33)(H,29,31,32). The van der Waals surface area contributed by atoms with Gasteiger partial charge in [-0.25, -0.2) is 15.0 Å². The third kappa shape index (κ3) is 6.16. The van der Waals surface area contributed by atoms with Crippen molar-refractivity contribution in [1.29, 1.82) is 0 Å². The predicted molar refractivity (Wildman–Crippen MR) is 153 cm³/mol. The van der Waals surface area contributed by atoms with Gasteiger partial charge in [0.1, 0.15) is 5.75 Å². The van der Waals surface area contributed by atoms with Crippen molar-refractivity contribution >= 4 is 45.4 Å². The first kappa shape index (κ1) is 26.2. The molecule has 1 saturated heterocycles. The molecule has 0 bridgehead atoms. The molecule has 0 spiro atoms. The van der Waals surface area contributed by atoms with Crippen molar-refractivity contribution in [2.24, 2.45) is 0 Å². The lowest BCUT2D eigenvalue weighted by atomic mass is 10.1. The van der Waals surface area contributed by atoms with Gasteiger partial charge >= 0.3 is 0 Å². The van der Waals surface area contributed by atoms with Gasteiger partial charge in [-0.3, -0.25) is 0 Å². The summed E-state index contributed by atoms with van der Waals surface area (Å²) in [7, 11) is 3.33. The van der Waals surface area contributed by atoms with Crippen LogP contribution in [0, 0.1) is 0 Å². The Bertz CT molecular complexity index is 1380. The van der Waals surface area contributed by atoms with Gasteiger partial charge < -0.3 is 29.7 Å². The monoisotopic (exact) mass is 552 g/mol. The highest BCUT2D eigenvalue weighted by molar-refractivity contribution is 7.19. The molecule has 2 aromatic carbocycles. The molecule has 11 heteroatoms. The van der Waals surface area contributed by atoms with E-state index in [1.807, 2.05) is 48.5 Å². The topological polar surface area (TPSA) is 93.7 Å². The summed E-state index contributed by atoms with van der Waals surface area (Å²) >= 11 is 8.16. The number of nitrogens with one attached hydrogen (secondary N) is 2. The summed E-state index contributed by atoms with van der Waals surface area (Å²) in [4.78, 5) is 17.3. The van der Waals surface area contributed by atoms with Gasteiger partial charge in [-0.05, 0) is 36.4 Å². The van der Waals surface area contributed by atoms with Crippen LogP contribution in [0.4, 0.5) is 22.5 Å². The van der Waals surface area contributed by atoms with Gasteiger partial charge in [-0.2, -0.15) is 0 Å². The van der Waals surface area contributed by atoms with E-state index in [0.717, 1.165) is 57.2 Å². The minimum atomic E-state index is 0.469. The zero-order valence-electron chi connectivity index (χ0n) is 21.2. The first-order valence-electron chi connectivity index (χ1n) is 12.3. The SMILES string of the molecule is COCCNc1nc(-c2cccc(OC)c2)c(-c2ccnc(Nc3ccc(N4CCOCC4)c(Cl)c3)n2)s1. The van der Waals surface area contributed by atoms with E-state index in [4.69, 9.17) is 35.8 Å². The smallest absolute Gasteiger partial charge is 0.227 e. The molecule has 1 aliphatic heterocycles. The van der Waals surface area contributed by atoms with Crippen molar-refractivity contribution in [3.05, 3.63) is 59.8 Å². The maximum atomic E-state index is 6.63. The van der Waals surface area contributed by atoms with E-state index >= 15 is 0 Å². The van der Waals surface area contributed by atoms with Crippen molar-refractivity contribution < 1.29 is 14.2 Å². The first-order chi connectivity index (χ1) is 18.6. The number of benzene rings is 2. The van der Waals surface area contributed by atoms with Crippen LogP contribution in [0.5, 0.6) is 5.75 Å². The number of hydrogen-bond acceptors (Lipinski definition) is 10. The van der Waals surface area contributed by atoms with Crippen molar-refractivity contribution in [3.63, 3.8) is 0 Å². The number of nitrogens with zero attached hydrogens (tertiary/aromatic N) is 4. The van der Waals surface area contributed by atoms with Crippen LogP contribution in [0.25, 0.3) is 21.8 Å². The molecule has 198 valence electrons. The molecule has 1 fully saturated rings. The lowest BCUT2D eigenvalue weighted by Crippen LogP contribution is -2.36. The number of anilines is 4. The summed E-state index contributed by atoms with van der Waals surface area (Å²) in [6.45, 7) is 4.29. The first-order valence-corrected chi connectivity index (χ1v) is 13.4. The Morgan fingerprint density at radius 3 is 2.74 bits per heavy atom. The minimum absolute atomic E-state index is 0.469. The Balaban J connectivity index is 1.42. The lowest BCUT2D eigenvalue weighted by Gasteiger charge is -2.29. The summed E-state index contributed by atoms with van der Waals surface area (Å²) < 4.78 is 16.1. The van der Waals surface area contributed by atoms with Crippen molar-refractivity contribution in [3.8, 4) is 27.6 Å². The average Bonchev–Trinajstić information content (AvgIpc) is 3.38. The van der Waals surface area contributed by atoms with E-state index in [-0.39, 0.29) is 0 Å². The molecule has 0 unspecified atom stereocenters. The predicted octanol–water partition coefficient (Wildman–Crippen LogP) is 5.57. The fourth-order valence-corrected chi connectivity index (χ4v) is 5.40. The molecule has 9 nitrogen and oxygen atoms in total. The van der Waals surface area contributed by atoms with Crippen LogP contribution in [-0.2, 0) is 9.47 Å². The van der Waals surface area contributed by atoms with Crippen LogP contribution in [-0.4, -0.2) is 68.6 Å². The molecule has 0 amide bonds. The molecule has 0 atom stereocenters. The number of rotatable bonds is 10. The van der Waals surface area contributed by atoms with Crippen LogP contribution in [0.1, 0.15) is 0 Å². The quantitative estimate of drug-likeness (QED) is 0.245. The van der Waals surface area contributed by atoms with E-state index in [0.29, 0.717) is 37.3 Å². The Morgan fingerprint density at radius 1 is 1.08 bits per heavy atom. The molecule has 4 aromatic rings. The summed E-state index contributed by atoms with van der Waals surface area (Å²) in [5, 5.41) is 8.08. The normalized spacial score (nSPS) is 13.4. The number of hydrogen-bond donors (Lipinski definition) is 2. The van der Waals surface area contributed by atoms with E-state index in [1.165, 1.54) is 11.3 Å². The van der Waals surface area contributed by atoms with Crippen LogP contribution in [0.3, 0.4) is 0 Å². The zero-order chi connectivity index (χ0) is 26.3. The number of ether oxygens (including phenoxy) is 3. The Kier molecular flexibility index (Phi) is 8.54. The highest BCUT2D eigenvalue weighted by Crippen LogP contribution is 2.39. The van der Waals surface area contributed by atoms with Crippen LogP contribution in [0.15, 0.2) is 54.7 Å². The van der Waals surface area contributed by atoms with Crippen LogP contribution < -0.4 is 20.3 Å². The minimum Gasteiger partial charge on any atom is -0.497 e. The largest absolute Gasteiger partial charge is 0.497 e. The van der Waals surface area contributed by atoms with Gasteiger partial charge in [-0.15, -0.1) is 0 Å². The van der Waals surface area contributed by atoms with Gasteiger partial charge in [0.2, 0.25) is 5.95 Å². The Labute approximate surface area is 230 Å². The number of aromatic nitrogens is 3. The van der Waals surface area contributed by atoms with Crippen molar-refractivity contribution in [2.75, 3.05) is 69.2 Å². The van der Waals surface area contributed by atoms with Crippen LogP contribution >= 0.6 is 22.9 Å². The third-order valence-corrected chi connectivity index (χ3v) is 7.33. The van der Waals surface area contributed by atoms with Crippen molar-refractivity contribution in [2.45, 2.75) is 0 Å². The Hall–Kier alpha value is -3.44. The van der Waals surface area contributed by atoms with Gasteiger partial charge in [-0.1, -0.05) is 35.1 Å². The molecular weight excluding hydrogens is 524 g/mol. The van der Waals surface area contributed by atoms with Gasteiger partial charge in [0.15, 0.2) is 5.13 Å². The summed E-state index contributed by atoms with van der Waals surface area (Å²) in [6, 6.07) is 15.6. The second kappa shape index (κ2) is 12.4. The van der Waals surface area contributed by atoms with E-state index < -0.39 is 0 Å². The fraction of sp³-hybridized carbons (Fsp3) is 0.296. The maximum Gasteiger partial charge on any atom is 0.227 e. The van der Waals surface area contributed by atoms with E-state index in [2.05, 4.69) is 20.5 Å². The molecular formula is C27H29ClN6O3S. The highest BCUT2D eigenvalue weighted by Gasteiger charge is 2.18. The highest BCUT2D eigenvalue weighted by atomic mass is 35.5. The molecule has 38 heavy (non-hydrogen) atoms. The van der Waals surface area contributed by atoms with Crippen molar-refractivity contribution in [1.82, 2.24) is 15.0 Å². The van der Waals surface area contributed by atoms with Gasteiger partial charge in [0.25, 0.3) is 0 Å². The Morgan fingerprint density at radius 2 is 1.95 bits per heavy atom. The molecule has 0 aliphatic carbocycles. The maximum absolute atomic E-state index is 6.63. The molecule has 2 aromatic heterocycles. The number of halogens is 1. The second-order valence-electron chi connectivity index (χ2n) is 8.50. The molecule has 0 radical (unpaired) electrons. The second-order valence-corrected chi connectivity index (χ2v) is 9.91. The number of methoxy groups -OCH3 is 2. The van der Waals surface area contributed by atoms with Gasteiger partial charge in [0.05, 0.1) is 53.9 Å². The third-order valence-electron chi connectivity index (χ3n) is 6.00. The summed E-state index contributed by atoms with van der Waals surface area (Å²) in [6.07, 6.45) is 1.74. The van der Waals surface area contributed by atoms with E-state index in [9.17, 15) is 0 Å². The molecule has 2 N–H and O–H groups in total. The lowest BCUT2D eigenvalue weighted by molar-refractivity contribution is 0.122. The number of thiazole rings is 1. The zero-order valence-corrected chi connectivity index (χ0v) is 22.8. The van der Waals surface area contributed by atoms with Crippen LogP contribution in [0.2, 0.25) is 5.02 Å². The molecule has 5 rings (SSSR count). The molecule has 1 aliphatic rings.